The Kier molecular flexibility index (Phi) is 5.49. The molecule has 28 heavy (non-hydrogen) atoms. The summed E-state index contributed by atoms with van der Waals surface area (Å²) in [7, 11) is 1.32. The second-order valence-corrected chi connectivity index (χ2v) is 7.83. The molecule has 148 valence electrons. The molecule has 3 rings (SSSR count). The van der Waals surface area contributed by atoms with E-state index in [2.05, 4.69) is 15.4 Å². The molecule has 0 spiro atoms. The van der Waals surface area contributed by atoms with E-state index < -0.39 is 29.4 Å². The minimum atomic E-state index is -4.75. The van der Waals surface area contributed by atoms with Crippen LogP contribution in [-0.2, 0) is 13.2 Å². The first-order chi connectivity index (χ1) is 13.1. The first-order valence-corrected chi connectivity index (χ1v) is 9.37. The van der Waals surface area contributed by atoms with Crippen molar-refractivity contribution in [2.45, 2.75) is 26.1 Å². The van der Waals surface area contributed by atoms with Gasteiger partial charge >= 0.3 is 6.18 Å². The van der Waals surface area contributed by atoms with Gasteiger partial charge in [0.25, 0.3) is 5.91 Å². The summed E-state index contributed by atoms with van der Waals surface area (Å²) in [5, 5.41) is 6.94. The number of nitrogens with one attached hydrogen (secondary N) is 1. The Balaban J connectivity index is 2.04. The molecular formula is C18H16ClF3N4OS. The van der Waals surface area contributed by atoms with Gasteiger partial charge in [-0.1, -0.05) is 29.8 Å². The third-order valence-corrected chi connectivity index (χ3v) is 5.61. The maximum Gasteiger partial charge on any atom is 0.435 e. The predicted molar refractivity (Wildman–Crippen MR) is 101 cm³/mol. The van der Waals surface area contributed by atoms with Crippen LogP contribution in [0.5, 0.6) is 0 Å². The van der Waals surface area contributed by atoms with E-state index in [1.807, 2.05) is 13.8 Å². The van der Waals surface area contributed by atoms with Gasteiger partial charge in [0.05, 0.1) is 11.3 Å². The van der Waals surface area contributed by atoms with Gasteiger partial charge in [0, 0.05) is 23.1 Å². The van der Waals surface area contributed by atoms with Gasteiger partial charge < -0.3 is 5.32 Å². The van der Waals surface area contributed by atoms with E-state index in [-0.39, 0.29) is 0 Å². The average Bonchev–Trinajstić information content (AvgIpc) is 3.16. The molecule has 0 saturated carbocycles. The molecule has 0 saturated heterocycles. The SMILES string of the molecule is Cc1nc(C(NC(=O)c2cn(C)nc2C(F)(F)F)c2ccccc2Cl)sc1C. The average molecular weight is 429 g/mol. The number of amides is 1. The molecule has 3 aromatic rings. The highest BCUT2D eigenvalue weighted by atomic mass is 35.5. The van der Waals surface area contributed by atoms with Crippen LogP contribution in [-0.4, -0.2) is 20.7 Å². The van der Waals surface area contributed by atoms with Gasteiger partial charge in [-0.15, -0.1) is 11.3 Å². The number of hydrogen-bond acceptors (Lipinski definition) is 4. The number of carbonyl (C=O) groups excluding carboxylic acids is 1. The Bertz CT molecular complexity index is 1010. The van der Waals surface area contributed by atoms with Gasteiger partial charge in [-0.2, -0.15) is 18.3 Å². The van der Waals surface area contributed by atoms with Crippen LogP contribution in [0.3, 0.4) is 0 Å². The molecule has 1 atom stereocenters. The van der Waals surface area contributed by atoms with Crippen LogP contribution in [0.2, 0.25) is 5.02 Å². The maximum absolute atomic E-state index is 13.2. The van der Waals surface area contributed by atoms with Gasteiger partial charge in [0.15, 0.2) is 5.69 Å². The van der Waals surface area contributed by atoms with Crippen molar-refractivity contribution in [3.05, 3.63) is 67.9 Å². The lowest BCUT2D eigenvalue weighted by atomic mass is 10.1. The molecule has 2 heterocycles. The smallest absolute Gasteiger partial charge is 0.338 e. The fourth-order valence-electron chi connectivity index (χ4n) is 2.68. The van der Waals surface area contributed by atoms with Crippen LogP contribution < -0.4 is 5.32 Å². The van der Waals surface area contributed by atoms with Crippen LogP contribution >= 0.6 is 22.9 Å². The number of aryl methyl sites for hydroxylation is 3. The quantitative estimate of drug-likeness (QED) is 0.656. The summed E-state index contributed by atoms with van der Waals surface area (Å²) in [4.78, 5) is 18.2. The number of nitrogens with zero attached hydrogens (tertiary/aromatic N) is 3. The zero-order chi connectivity index (χ0) is 20.6. The van der Waals surface area contributed by atoms with E-state index in [1.165, 1.54) is 18.4 Å². The summed E-state index contributed by atoms with van der Waals surface area (Å²) < 4.78 is 40.7. The number of aromatic nitrogens is 3. The van der Waals surface area contributed by atoms with Gasteiger partial charge in [-0.05, 0) is 25.5 Å². The van der Waals surface area contributed by atoms with Crippen LogP contribution in [0.4, 0.5) is 13.2 Å². The largest absolute Gasteiger partial charge is 0.435 e. The maximum atomic E-state index is 13.2. The van der Waals surface area contributed by atoms with Crippen LogP contribution in [0, 0.1) is 13.8 Å². The lowest BCUT2D eigenvalue weighted by Crippen LogP contribution is -2.30. The van der Waals surface area contributed by atoms with Crippen molar-refractivity contribution in [3.8, 4) is 0 Å². The van der Waals surface area contributed by atoms with E-state index in [1.54, 1.807) is 24.3 Å². The fourth-order valence-corrected chi connectivity index (χ4v) is 3.91. The number of halogens is 4. The standard InChI is InChI=1S/C18H16ClF3N4OS/c1-9-10(2)28-17(23-9)14(11-6-4-5-7-13(11)19)24-16(27)12-8-26(3)25-15(12)18(20,21)22/h4-8,14H,1-3H3,(H,24,27). The molecule has 0 radical (unpaired) electrons. The van der Waals surface area contributed by atoms with Crippen molar-refractivity contribution in [1.82, 2.24) is 20.1 Å². The summed E-state index contributed by atoms with van der Waals surface area (Å²) in [6, 6.07) is 6.02. The van der Waals surface area contributed by atoms with Crippen molar-refractivity contribution in [2.75, 3.05) is 0 Å². The van der Waals surface area contributed by atoms with Crippen molar-refractivity contribution in [3.63, 3.8) is 0 Å². The Hall–Kier alpha value is -2.39. The summed E-state index contributed by atoms with van der Waals surface area (Å²) in [6.45, 7) is 3.70. The van der Waals surface area contributed by atoms with Gasteiger partial charge in [0.2, 0.25) is 0 Å². The van der Waals surface area contributed by atoms with Crippen LogP contribution in [0.25, 0.3) is 0 Å². The molecule has 0 aliphatic rings. The van der Waals surface area contributed by atoms with Crippen molar-refractivity contribution < 1.29 is 18.0 Å². The van der Waals surface area contributed by atoms with E-state index in [0.29, 0.717) is 15.6 Å². The van der Waals surface area contributed by atoms with E-state index >= 15 is 0 Å². The molecule has 1 N–H and O–H groups in total. The summed E-state index contributed by atoms with van der Waals surface area (Å²) in [5.74, 6) is -0.907. The molecule has 0 fully saturated rings. The highest BCUT2D eigenvalue weighted by Gasteiger charge is 2.39. The van der Waals surface area contributed by atoms with Gasteiger partial charge in [-0.3, -0.25) is 9.48 Å². The Morgan fingerprint density at radius 3 is 2.54 bits per heavy atom. The number of benzene rings is 1. The number of thiazole rings is 1. The highest BCUT2D eigenvalue weighted by molar-refractivity contribution is 7.11. The second-order valence-electron chi connectivity index (χ2n) is 6.18. The molecule has 2 aromatic heterocycles. The fraction of sp³-hybridized carbons (Fsp3) is 0.278. The van der Waals surface area contributed by atoms with E-state index in [9.17, 15) is 18.0 Å². The molecule has 0 aliphatic carbocycles. The van der Waals surface area contributed by atoms with Gasteiger partial charge in [-0.25, -0.2) is 4.98 Å². The molecule has 1 amide bonds. The third kappa shape index (κ3) is 4.05. The van der Waals surface area contributed by atoms with E-state index in [0.717, 1.165) is 21.4 Å². The van der Waals surface area contributed by atoms with E-state index in [4.69, 9.17) is 11.6 Å². The molecule has 5 nitrogen and oxygen atoms in total. The Morgan fingerprint density at radius 2 is 1.96 bits per heavy atom. The molecule has 1 aromatic carbocycles. The predicted octanol–water partition coefficient (Wildman–Crippen LogP) is 4.69. The minimum absolute atomic E-state index is 0.375. The molecule has 1 unspecified atom stereocenters. The lowest BCUT2D eigenvalue weighted by Gasteiger charge is -2.18. The molecule has 10 heteroatoms. The van der Waals surface area contributed by atoms with Gasteiger partial charge in [0.1, 0.15) is 11.0 Å². The second kappa shape index (κ2) is 7.56. The summed E-state index contributed by atoms with van der Waals surface area (Å²) >= 11 is 7.63. The zero-order valence-corrected chi connectivity index (χ0v) is 16.7. The number of alkyl halides is 3. The number of rotatable bonds is 4. The topological polar surface area (TPSA) is 59.8 Å². The monoisotopic (exact) mass is 428 g/mol. The Labute approximate surface area is 168 Å². The first-order valence-electron chi connectivity index (χ1n) is 8.18. The zero-order valence-electron chi connectivity index (χ0n) is 15.1. The normalized spacial score (nSPS) is 12.8. The summed E-state index contributed by atoms with van der Waals surface area (Å²) in [5.41, 5.74) is -0.471. The Morgan fingerprint density at radius 1 is 1.29 bits per heavy atom. The lowest BCUT2D eigenvalue weighted by molar-refractivity contribution is -0.141. The first kappa shape index (κ1) is 20.3. The number of hydrogen-bond donors (Lipinski definition) is 1. The molecule has 0 aliphatic heterocycles. The summed E-state index contributed by atoms with van der Waals surface area (Å²) in [6.07, 6.45) is -3.71. The van der Waals surface area contributed by atoms with Crippen molar-refractivity contribution >= 4 is 28.8 Å². The molecular weight excluding hydrogens is 413 g/mol. The highest BCUT2D eigenvalue weighted by Crippen LogP contribution is 2.34. The van der Waals surface area contributed by atoms with Crippen molar-refractivity contribution in [2.24, 2.45) is 7.05 Å². The third-order valence-electron chi connectivity index (χ3n) is 4.13. The minimum Gasteiger partial charge on any atom is -0.338 e. The van der Waals surface area contributed by atoms with Crippen molar-refractivity contribution in [1.29, 1.82) is 0 Å². The molecule has 0 bridgehead atoms. The number of carbonyl (C=O) groups is 1. The van der Waals surface area contributed by atoms with Crippen LogP contribution in [0.15, 0.2) is 30.5 Å². The van der Waals surface area contributed by atoms with Crippen LogP contribution in [0.1, 0.15) is 43.2 Å².